The predicted octanol–water partition coefficient (Wildman–Crippen LogP) is 4.42. The van der Waals surface area contributed by atoms with Crippen LogP contribution >= 0.6 is 0 Å². The van der Waals surface area contributed by atoms with Crippen LogP contribution in [0, 0.1) is 13.8 Å². The molecular weight excluding hydrogens is 378 g/mol. The van der Waals surface area contributed by atoms with Crippen molar-refractivity contribution in [1.82, 2.24) is 19.8 Å². The summed E-state index contributed by atoms with van der Waals surface area (Å²) in [5.41, 5.74) is 6.15. The molecule has 0 atom stereocenters. The summed E-state index contributed by atoms with van der Waals surface area (Å²) in [4.78, 5) is 12.3. The van der Waals surface area contributed by atoms with Gasteiger partial charge in [-0.25, -0.2) is 10.1 Å². The van der Waals surface area contributed by atoms with E-state index < -0.39 is 0 Å². The molecule has 7 nitrogen and oxygen atoms in total. The molecule has 0 aliphatic rings. The molecule has 7 heteroatoms. The second-order valence-electron chi connectivity index (χ2n) is 7.78. The zero-order valence-corrected chi connectivity index (χ0v) is 18.4. The number of aryl methyl sites for hydroxylation is 1. The van der Waals surface area contributed by atoms with E-state index in [0.29, 0.717) is 5.56 Å². The van der Waals surface area contributed by atoms with Crippen molar-refractivity contribution in [3.05, 3.63) is 65.1 Å². The number of ether oxygens (including phenoxy) is 1. The molecule has 0 radical (unpaired) electrons. The smallest absolute Gasteiger partial charge is 0.271 e. The lowest BCUT2D eigenvalue weighted by atomic mass is 10.2. The topological polar surface area (TPSA) is 73.4 Å². The number of carbonyl (C=O) groups is 1. The number of carbonyl (C=O) groups excluding carboxylic acids is 1. The van der Waals surface area contributed by atoms with E-state index in [0.717, 1.165) is 28.5 Å². The van der Waals surface area contributed by atoms with Gasteiger partial charge < -0.3 is 9.30 Å². The number of rotatable bonds is 7. The molecule has 2 heterocycles. The minimum absolute atomic E-state index is 0.0902. The molecule has 1 aromatic carbocycles. The third-order valence-corrected chi connectivity index (χ3v) is 4.70. The number of nitrogens with one attached hydrogen (secondary N) is 1. The molecule has 0 bridgehead atoms. The number of aromatic nitrogens is 3. The Hall–Kier alpha value is -3.35. The number of hydrogen-bond acceptors (Lipinski definition) is 4. The van der Waals surface area contributed by atoms with Crippen molar-refractivity contribution >= 4 is 12.1 Å². The van der Waals surface area contributed by atoms with Crippen molar-refractivity contribution in [1.29, 1.82) is 0 Å². The van der Waals surface area contributed by atoms with Crippen LogP contribution in [0.2, 0.25) is 0 Å². The van der Waals surface area contributed by atoms with Crippen LogP contribution in [0.5, 0.6) is 5.75 Å². The maximum atomic E-state index is 12.3. The molecular formula is C23H29N5O2. The predicted molar refractivity (Wildman–Crippen MR) is 119 cm³/mol. The summed E-state index contributed by atoms with van der Waals surface area (Å²) in [5, 5.41) is 8.57. The van der Waals surface area contributed by atoms with Crippen molar-refractivity contribution in [3.8, 4) is 11.6 Å². The monoisotopic (exact) mass is 407 g/mol. The van der Waals surface area contributed by atoms with E-state index in [1.807, 2.05) is 44.5 Å². The van der Waals surface area contributed by atoms with Gasteiger partial charge in [0.2, 0.25) is 0 Å². The zero-order valence-electron chi connectivity index (χ0n) is 18.4. The van der Waals surface area contributed by atoms with E-state index in [-0.39, 0.29) is 18.1 Å². The SMILES string of the molecule is Cc1cc(/C=N\NC(=O)c2ccc(OC(C)C)cc2)c(C)n1-c1ccnn1C(C)C. The number of hydrazone groups is 1. The zero-order chi connectivity index (χ0) is 21.8. The molecule has 0 aliphatic heterocycles. The Morgan fingerprint density at radius 2 is 1.83 bits per heavy atom. The van der Waals surface area contributed by atoms with E-state index in [1.54, 1.807) is 36.7 Å². The maximum Gasteiger partial charge on any atom is 0.271 e. The summed E-state index contributed by atoms with van der Waals surface area (Å²) < 4.78 is 9.72. The summed E-state index contributed by atoms with van der Waals surface area (Å²) in [5.74, 6) is 1.47. The first-order valence-electron chi connectivity index (χ1n) is 10.1. The number of amides is 1. The Kier molecular flexibility index (Phi) is 6.40. The lowest BCUT2D eigenvalue weighted by molar-refractivity contribution is 0.0955. The van der Waals surface area contributed by atoms with Crippen LogP contribution in [0.1, 0.15) is 61.0 Å². The molecule has 1 amide bonds. The van der Waals surface area contributed by atoms with Crippen LogP contribution in [0.15, 0.2) is 47.7 Å². The fourth-order valence-corrected chi connectivity index (χ4v) is 3.34. The molecule has 0 spiro atoms. The van der Waals surface area contributed by atoms with Gasteiger partial charge in [0, 0.05) is 34.6 Å². The third kappa shape index (κ3) is 4.62. The third-order valence-electron chi connectivity index (χ3n) is 4.70. The second kappa shape index (κ2) is 8.98. The highest BCUT2D eigenvalue weighted by atomic mass is 16.5. The van der Waals surface area contributed by atoms with Crippen LogP contribution in [-0.4, -0.2) is 32.6 Å². The van der Waals surface area contributed by atoms with Gasteiger partial charge in [-0.3, -0.25) is 4.79 Å². The Morgan fingerprint density at radius 3 is 2.47 bits per heavy atom. The molecule has 0 fully saturated rings. The quantitative estimate of drug-likeness (QED) is 0.465. The molecule has 2 aromatic heterocycles. The van der Waals surface area contributed by atoms with E-state index in [9.17, 15) is 4.79 Å². The average Bonchev–Trinajstić information content (AvgIpc) is 3.26. The molecule has 0 saturated heterocycles. The fourth-order valence-electron chi connectivity index (χ4n) is 3.34. The Balaban J connectivity index is 1.72. The minimum Gasteiger partial charge on any atom is -0.491 e. The van der Waals surface area contributed by atoms with Gasteiger partial charge in [0.05, 0.1) is 18.5 Å². The van der Waals surface area contributed by atoms with Crippen molar-refractivity contribution in [2.24, 2.45) is 5.10 Å². The van der Waals surface area contributed by atoms with E-state index in [2.05, 4.69) is 34.0 Å². The summed E-state index contributed by atoms with van der Waals surface area (Å²) in [7, 11) is 0. The van der Waals surface area contributed by atoms with Crippen molar-refractivity contribution in [2.45, 2.75) is 53.7 Å². The minimum atomic E-state index is -0.269. The van der Waals surface area contributed by atoms with E-state index in [4.69, 9.17) is 4.74 Å². The molecule has 30 heavy (non-hydrogen) atoms. The van der Waals surface area contributed by atoms with Gasteiger partial charge >= 0.3 is 0 Å². The van der Waals surface area contributed by atoms with Crippen LogP contribution in [0.4, 0.5) is 0 Å². The van der Waals surface area contributed by atoms with Gasteiger partial charge in [0.15, 0.2) is 0 Å². The van der Waals surface area contributed by atoms with Crippen LogP contribution in [0.3, 0.4) is 0 Å². The Bertz CT molecular complexity index is 1040. The van der Waals surface area contributed by atoms with E-state index in [1.165, 1.54) is 0 Å². The van der Waals surface area contributed by atoms with Gasteiger partial charge in [-0.05, 0) is 71.9 Å². The van der Waals surface area contributed by atoms with Gasteiger partial charge in [0.1, 0.15) is 11.6 Å². The molecule has 3 aromatic rings. The average molecular weight is 408 g/mol. The highest BCUT2D eigenvalue weighted by Crippen LogP contribution is 2.21. The van der Waals surface area contributed by atoms with Crippen LogP contribution < -0.4 is 10.2 Å². The van der Waals surface area contributed by atoms with Crippen molar-refractivity contribution in [3.63, 3.8) is 0 Å². The largest absolute Gasteiger partial charge is 0.491 e. The Labute approximate surface area is 177 Å². The Morgan fingerprint density at radius 1 is 1.13 bits per heavy atom. The van der Waals surface area contributed by atoms with Gasteiger partial charge in [-0.2, -0.15) is 10.2 Å². The first-order chi connectivity index (χ1) is 14.3. The second-order valence-corrected chi connectivity index (χ2v) is 7.78. The molecule has 1 N–H and O–H groups in total. The normalized spacial score (nSPS) is 11.6. The standard InChI is InChI=1S/C23H29N5O2/c1-15(2)28-22(11-12-25-28)27-17(5)13-20(18(27)6)14-24-26-23(29)19-7-9-21(10-8-19)30-16(3)4/h7-16H,1-6H3,(H,26,29)/b24-14-. The summed E-state index contributed by atoms with van der Waals surface area (Å²) >= 11 is 0. The number of benzene rings is 1. The molecule has 158 valence electrons. The number of hydrogen-bond donors (Lipinski definition) is 1. The highest BCUT2D eigenvalue weighted by Gasteiger charge is 2.14. The summed E-state index contributed by atoms with van der Waals surface area (Å²) in [6, 6.07) is 11.3. The van der Waals surface area contributed by atoms with Gasteiger partial charge in [-0.1, -0.05) is 0 Å². The first kappa shape index (κ1) is 21.4. The van der Waals surface area contributed by atoms with Gasteiger partial charge in [0.25, 0.3) is 5.91 Å². The van der Waals surface area contributed by atoms with Crippen molar-refractivity contribution in [2.75, 3.05) is 0 Å². The van der Waals surface area contributed by atoms with Crippen molar-refractivity contribution < 1.29 is 9.53 Å². The first-order valence-corrected chi connectivity index (χ1v) is 10.1. The molecule has 0 unspecified atom stereocenters. The molecule has 3 rings (SSSR count). The maximum absolute atomic E-state index is 12.3. The van der Waals surface area contributed by atoms with Gasteiger partial charge in [-0.15, -0.1) is 0 Å². The van der Waals surface area contributed by atoms with Crippen LogP contribution in [0.25, 0.3) is 5.82 Å². The highest BCUT2D eigenvalue weighted by molar-refractivity contribution is 5.95. The number of nitrogens with zero attached hydrogens (tertiary/aromatic N) is 4. The summed E-state index contributed by atoms with van der Waals surface area (Å²) in [6.45, 7) is 12.2. The molecule has 0 saturated carbocycles. The lowest BCUT2D eigenvalue weighted by Gasteiger charge is -2.15. The lowest BCUT2D eigenvalue weighted by Crippen LogP contribution is -2.17. The fraction of sp³-hybridized carbons (Fsp3) is 0.348. The van der Waals surface area contributed by atoms with Crippen LogP contribution in [-0.2, 0) is 0 Å². The summed E-state index contributed by atoms with van der Waals surface area (Å²) in [6.07, 6.45) is 3.57. The molecule has 0 aliphatic carbocycles. The van der Waals surface area contributed by atoms with E-state index >= 15 is 0 Å².